The van der Waals surface area contributed by atoms with Crippen LogP contribution in [0.1, 0.15) is 380 Å². The number of ether oxygens (including phenoxy) is 3. The molecular formula is C70H135O11P. The van der Waals surface area contributed by atoms with Gasteiger partial charge >= 0.3 is 25.7 Å². The molecule has 0 spiro atoms. The number of phosphoric acid groups is 1. The van der Waals surface area contributed by atoms with E-state index in [4.69, 9.17) is 23.3 Å². The molecule has 0 aromatic heterocycles. The van der Waals surface area contributed by atoms with Gasteiger partial charge in [-0.3, -0.25) is 23.4 Å². The second kappa shape index (κ2) is 65.2. The highest BCUT2D eigenvalue weighted by atomic mass is 31.2. The van der Waals surface area contributed by atoms with Gasteiger partial charge in [-0.2, -0.15) is 0 Å². The van der Waals surface area contributed by atoms with Gasteiger partial charge in [-0.15, -0.1) is 0 Å². The van der Waals surface area contributed by atoms with E-state index >= 15 is 0 Å². The quantitative estimate of drug-likeness (QED) is 0.0197. The zero-order valence-corrected chi connectivity index (χ0v) is 55.1. The fraction of sp³-hybridized carbons (Fsp3) is 0.929. The molecule has 0 aliphatic heterocycles. The maximum Gasteiger partial charge on any atom is 0.472 e. The van der Waals surface area contributed by atoms with Crippen LogP contribution in [0.25, 0.3) is 0 Å². The van der Waals surface area contributed by atoms with Crippen molar-refractivity contribution in [3.63, 3.8) is 0 Å². The molecule has 0 saturated carbocycles. The Morgan fingerprint density at radius 2 is 0.561 bits per heavy atom. The molecule has 0 aliphatic carbocycles. The van der Waals surface area contributed by atoms with E-state index in [1.54, 1.807) is 0 Å². The number of carbonyl (C=O) groups excluding carboxylic acids is 3. The van der Waals surface area contributed by atoms with E-state index in [1.165, 1.54) is 263 Å². The summed E-state index contributed by atoms with van der Waals surface area (Å²) in [7, 11) is -4.75. The normalized spacial score (nSPS) is 13.2. The third kappa shape index (κ3) is 62.7. The van der Waals surface area contributed by atoms with Crippen molar-refractivity contribution < 1.29 is 52.2 Å². The Kier molecular flexibility index (Phi) is 63.8. The van der Waals surface area contributed by atoms with Crippen LogP contribution in [0.2, 0.25) is 0 Å². The first-order valence-corrected chi connectivity index (χ1v) is 37.1. The summed E-state index contributed by atoms with van der Waals surface area (Å²) >= 11 is 0. The van der Waals surface area contributed by atoms with Crippen LogP contribution in [-0.2, 0) is 42.2 Å². The predicted octanol–water partition coefficient (Wildman–Crippen LogP) is 21.9. The van der Waals surface area contributed by atoms with Crippen molar-refractivity contribution in [1.29, 1.82) is 0 Å². The first-order chi connectivity index (χ1) is 40.2. The molecule has 0 heterocycles. The van der Waals surface area contributed by atoms with Gasteiger partial charge in [-0.05, 0) is 44.9 Å². The van der Waals surface area contributed by atoms with Crippen LogP contribution < -0.4 is 0 Å². The Balaban J connectivity index is 4.60. The third-order valence-electron chi connectivity index (χ3n) is 16.2. The first kappa shape index (κ1) is 80.2. The van der Waals surface area contributed by atoms with E-state index < -0.39 is 57.8 Å². The Hall–Kier alpha value is -1.78. The first-order valence-electron chi connectivity index (χ1n) is 35.6. The highest BCUT2D eigenvalue weighted by Crippen LogP contribution is 2.43. The van der Waals surface area contributed by atoms with Crippen LogP contribution in [-0.4, -0.2) is 66.5 Å². The van der Waals surface area contributed by atoms with Gasteiger partial charge in [0.1, 0.15) is 12.7 Å². The Morgan fingerprint density at radius 1 is 0.329 bits per heavy atom. The summed E-state index contributed by atoms with van der Waals surface area (Å²) in [6.45, 7) is 4.76. The summed E-state index contributed by atoms with van der Waals surface area (Å²) in [4.78, 5) is 48.9. The largest absolute Gasteiger partial charge is 0.472 e. The Labute approximate surface area is 506 Å². The Morgan fingerprint density at radius 3 is 0.841 bits per heavy atom. The molecule has 0 radical (unpaired) electrons. The highest BCUT2D eigenvalue weighted by Gasteiger charge is 2.28. The fourth-order valence-corrected chi connectivity index (χ4v) is 11.6. The molecule has 0 rings (SSSR count). The standard InChI is InChI=1S/C70H135O11P/c1-4-7-10-13-16-19-22-25-28-31-33-36-39-42-45-48-51-54-57-60-69(73)80-66(62-71)64-78-82(75,76)79-65-67(63-77-68(72)59-56-53-50-47-44-41-38-35-30-27-24-21-18-15-12-9-6-3)81-70(74)61-58-55-52-49-46-43-40-37-34-32-29-26-23-20-17-14-11-8-5-2/h26,29,66-67,71H,4-25,27-28,30-65H2,1-3H3,(H,75,76)/b29-26-. The van der Waals surface area contributed by atoms with Gasteiger partial charge in [0.15, 0.2) is 6.10 Å². The molecule has 0 aromatic carbocycles. The van der Waals surface area contributed by atoms with Crippen LogP contribution in [0.4, 0.5) is 0 Å². The lowest BCUT2D eigenvalue weighted by molar-refractivity contribution is -0.161. The zero-order chi connectivity index (χ0) is 59.8. The lowest BCUT2D eigenvalue weighted by Crippen LogP contribution is -2.30. The van der Waals surface area contributed by atoms with Gasteiger partial charge in [0, 0.05) is 19.3 Å². The van der Waals surface area contributed by atoms with Gasteiger partial charge in [-0.25, -0.2) is 4.57 Å². The minimum Gasteiger partial charge on any atom is -0.462 e. The molecule has 2 N–H and O–H groups in total. The summed E-state index contributed by atoms with van der Waals surface area (Å²) < 4.78 is 39.9. The number of unbranched alkanes of at least 4 members (excludes halogenated alkanes) is 49. The number of esters is 3. The summed E-state index contributed by atoms with van der Waals surface area (Å²) in [5, 5.41) is 9.89. The molecule has 0 aliphatic rings. The van der Waals surface area contributed by atoms with Gasteiger partial charge in [-0.1, -0.05) is 328 Å². The van der Waals surface area contributed by atoms with Crippen LogP contribution in [0.3, 0.4) is 0 Å². The second-order valence-electron chi connectivity index (χ2n) is 24.4. The molecule has 82 heavy (non-hydrogen) atoms. The lowest BCUT2D eigenvalue weighted by atomic mass is 10.0. The second-order valence-corrected chi connectivity index (χ2v) is 25.9. The van der Waals surface area contributed by atoms with E-state index in [9.17, 15) is 28.9 Å². The fourth-order valence-electron chi connectivity index (χ4n) is 10.8. The molecule has 3 unspecified atom stereocenters. The summed E-state index contributed by atoms with van der Waals surface area (Å²) in [5.74, 6) is -1.42. The molecule has 0 bridgehead atoms. The number of aliphatic hydroxyl groups is 1. The summed E-state index contributed by atoms with van der Waals surface area (Å²) in [6.07, 6.45) is 68.7. The van der Waals surface area contributed by atoms with Crippen LogP contribution in [0, 0.1) is 0 Å². The third-order valence-corrected chi connectivity index (χ3v) is 17.1. The Bertz CT molecular complexity index is 1430. The zero-order valence-electron chi connectivity index (χ0n) is 54.3. The van der Waals surface area contributed by atoms with E-state index in [1.807, 2.05) is 0 Å². The van der Waals surface area contributed by atoms with Crippen LogP contribution >= 0.6 is 7.82 Å². The van der Waals surface area contributed by atoms with Crippen molar-refractivity contribution in [2.24, 2.45) is 0 Å². The molecule has 0 amide bonds. The van der Waals surface area contributed by atoms with Crippen molar-refractivity contribution in [2.75, 3.05) is 26.4 Å². The maximum atomic E-state index is 13.0. The molecule has 0 fully saturated rings. The van der Waals surface area contributed by atoms with Crippen molar-refractivity contribution in [3.05, 3.63) is 12.2 Å². The number of aliphatic hydroxyl groups excluding tert-OH is 1. The molecule has 486 valence electrons. The van der Waals surface area contributed by atoms with Gasteiger partial charge in [0.05, 0.1) is 19.8 Å². The molecule has 0 aromatic rings. The van der Waals surface area contributed by atoms with E-state index in [-0.39, 0.29) is 25.9 Å². The molecule has 0 saturated heterocycles. The van der Waals surface area contributed by atoms with Crippen molar-refractivity contribution in [2.45, 2.75) is 393 Å². The van der Waals surface area contributed by atoms with Crippen molar-refractivity contribution in [1.82, 2.24) is 0 Å². The average Bonchev–Trinajstić information content (AvgIpc) is 3.50. The predicted molar refractivity (Wildman–Crippen MR) is 344 cm³/mol. The van der Waals surface area contributed by atoms with Crippen molar-refractivity contribution in [3.8, 4) is 0 Å². The van der Waals surface area contributed by atoms with E-state index in [2.05, 4.69) is 32.9 Å². The smallest absolute Gasteiger partial charge is 0.462 e. The lowest BCUT2D eigenvalue weighted by Gasteiger charge is -2.21. The monoisotopic (exact) mass is 1180 g/mol. The van der Waals surface area contributed by atoms with Gasteiger partial charge in [0.2, 0.25) is 0 Å². The number of hydrogen-bond donors (Lipinski definition) is 2. The highest BCUT2D eigenvalue weighted by molar-refractivity contribution is 7.47. The average molecular weight is 1180 g/mol. The molecule has 12 heteroatoms. The minimum absolute atomic E-state index is 0.173. The SMILES string of the molecule is CCCCCCCC/C=C\CCCCCCCCCCCC(=O)OC(COC(=O)CCCCCCCCCCCCCCCCCCC)COP(=O)(O)OCC(CO)OC(=O)CCCCCCCCCCCCCCCCCCCCC. The van der Waals surface area contributed by atoms with Gasteiger partial charge in [0.25, 0.3) is 0 Å². The van der Waals surface area contributed by atoms with E-state index in [0.29, 0.717) is 19.3 Å². The maximum absolute atomic E-state index is 13.0. The number of hydrogen-bond acceptors (Lipinski definition) is 10. The number of rotatable bonds is 68. The minimum atomic E-state index is -4.75. The van der Waals surface area contributed by atoms with Gasteiger partial charge < -0.3 is 24.2 Å². The van der Waals surface area contributed by atoms with Crippen LogP contribution in [0.15, 0.2) is 12.2 Å². The molecular weight excluding hydrogens is 1050 g/mol. The van der Waals surface area contributed by atoms with Crippen LogP contribution in [0.5, 0.6) is 0 Å². The summed E-state index contributed by atoms with van der Waals surface area (Å²) in [5.41, 5.74) is 0. The van der Waals surface area contributed by atoms with E-state index in [0.717, 1.165) is 57.8 Å². The van der Waals surface area contributed by atoms with Crippen molar-refractivity contribution >= 4 is 25.7 Å². The molecule has 3 atom stereocenters. The number of allylic oxidation sites excluding steroid dienone is 2. The molecule has 11 nitrogen and oxygen atoms in total. The number of carbonyl (C=O) groups is 3. The topological polar surface area (TPSA) is 155 Å². The number of phosphoric ester groups is 1. The summed E-state index contributed by atoms with van der Waals surface area (Å²) in [6, 6.07) is 0.